The summed E-state index contributed by atoms with van der Waals surface area (Å²) in [5, 5.41) is 3.76. The molecule has 0 aliphatic heterocycles. The van der Waals surface area contributed by atoms with Gasteiger partial charge in [-0.2, -0.15) is 4.98 Å². The van der Waals surface area contributed by atoms with Gasteiger partial charge in [-0.1, -0.05) is 5.16 Å². The Labute approximate surface area is 104 Å². The van der Waals surface area contributed by atoms with Crippen LogP contribution in [0.1, 0.15) is 12.7 Å². The fourth-order valence-electron chi connectivity index (χ4n) is 1.48. The van der Waals surface area contributed by atoms with Crippen LogP contribution in [-0.4, -0.2) is 23.4 Å². The van der Waals surface area contributed by atoms with E-state index < -0.39 is 5.82 Å². The number of benzene rings is 1. The first kappa shape index (κ1) is 12.5. The average molecular weight is 251 g/mol. The van der Waals surface area contributed by atoms with Crippen LogP contribution in [0.5, 0.6) is 0 Å². The maximum Gasteiger partial charge on any atom is 0.260 e. The molecule has 0 atom stereocenters. The molecule has 0 spiro atoms. The molecule has 0 fully saturated rings. The van der Waals surface area contributed by atoms with Crippen LogP contribution in [0.15, 0.2) is 22.7 Å². The molecule has 0 aliphatic rings. The van der Waals surface area contributed by atoms with Gasteiger partial charge in [-0.15, -0.1) is 0 Å². The zero-order chi connectivity index (χ0) is 13.0. The zero-order valence-corrected chi connectivity index (χ0v) is 10.0. The zero-order valence-electron chi connectivity index (χ0n) is 10.0. The Bertz CT molecular complexity index is 528. The molecule has 1 aromatic heterocycles. The fourth-order valence-corrected chi connectivity index (χ4v) is 1.48. The number of nitrogen functional groups attached to an aromatic ring is 1. The van der Waals surface area contributed by atoms with E-state index in [2.05, 4.69) is 10.1 Å². The summed E-state index contributed by atoms with van der Waals surface area (Å²) in [6.07, 6.45) is 0.536. The van der Waals surface area contributed by atoms with Crippen LogP contribution in [0.4, 0.5) is 10.1 Å². The summed E-state index contributed by atoms with van der Waals surface area (Å²) >= 11 is 0. The van der Waals surface area contributed by atoms with E-state index in [-0.39, 0.29) is 11.5 Å². The maximum absolute atomic E-state index is 13.6. The van der Waals surface area contributed by atoms with Crippen LogP contribution in [0.2, 0.25) is 0 Å². The van der Waals surface area contributed by atoms with Crippen LogP contribution in [0, 0.1) is 5.82 Å². The molecule has 0 bridgehead atoms. The molecule has 2 rings (SSSR count). The van der Waals surface area contributed by atoms with E-state index in [9.17, 15) is 4.39 Å². The lowest BCUT2D eigenvalue weighted by molar-refractivity contribution is 0.149. The summed E-state index contributed by atoms with van der Waals surface area (Å²) < 4.78 is 23.8. The number of aromatic nitrogens is 2. The number of hydrogen-bond donors (Lipinski definition) is 1. The summed E-state index contributed by atoms with van der Waals surface area (Å²) in [4.78, 5) is 4.10. The molecule has 0 unspecified atom stereocenters. The SMILES string of the molecule is CCOCCc1noc(-c2ccc(N)cc2F)n1. The molecule has 2 aromatic rings. The summed E-state index contributed by atoms with van der Waals surface area (Å²) in [5.74, 6) is 0.170. The van der Waals surface area contributed by atoms with Gasteiger partial charge in [0.15, 0.2) is 5.82 Å². The number of hydrogen-bond acceptors (Lipinski definition) is 5. The minimum atomic E-state index is -0.477. The quantitative estimate of drug-likeness (QED) is 0.650. The third-order valence-corrected chi connectivity index (χ3v) is 2.37. The van der Waals surface area contributed by atoms with Gasteiger partial charge in [0.1, 0.15) is 5.82 Å². The molecule has 0 aliphatic carbocycles. The monoisotopic (exact) mass is 251 g/mol. The molecule has 0 saturated heterocycles. The van der Waals surface area contributed by atoms with Gasteiger partial charge < -0.3 is 15.0 Å². The van der Waals surface area contributed by atoms with Crippen molar-refractivity contribution in [3.8, 4) is 11.5 Å². The van der Waals surface area contributed by atoms with Crippen molar-refractivity contribution in [1.29, 1.82) is 0 Å². The van der Waals surface area contributed by atoms with E-state index in [1.807, 2.05) is 6.92 Å². The van der Waals surface area contributed by atoms with Gasteiger partial charge in [0.25, 0.3) is 5.89 Å². The van der Waals surface area contributed by atoms with E-state index >= 15 is 0 Å². The number of rotatable bonds is 5. The van der Waals surface area contributed by atoms with Crippen molar-refractivity contribution in [2.45, 2.75) is 13.3 Å². The third-order valence-electron chi connectivity index (χ3n) is 2.37. The minimum absolute atomic E-state index is 0.152. The highest BCUT2D eigenvalue weighted by Gasteiger charge is 2.13. The van der Waals surface area contributed by atoms with Crippen molar-refractivity contribution in [2.75, 3.05) is 18.9 Å². The molecule has 1 aromatic carbocycles. The van der Waals surface area contributed by atoms with Crippen molar-refractivity contribution in [3.05, 3.63) is 29.8 Å². The number of anilines is 1. The number of halogens is 1. The number of nitrogens with zero attached hydrogens (tertiary/aromatic N) is 2. The fraction of sp³-hybridized carbons (Fsp3) is 0.333. The minimum Gasteiger partial charge on any atom is -0.399 e. The first-order valence-corrected chi connectivity index (χ1v) is 5.66. The Hall–Kier alpha value is -1.95. The molecule has 2 N–H and O–H groups in total. The van der Waals surface area contributed by atoms with Crippen LogP contribution in [-0.2, 0) is 11.2 Å². The van der Waals surface area contributed by atoms with Gasteiger partial charge in [-0.05, 0) is 25.1 Å². The predicted octanol–water partition coefficient (Wildman–Crippen LogP) is 2.04. The van der Waals surface area contributed by atoms with Crippen molar-refractivity contribution < 1.29 is 13.7 Å². The Kier molecular flexibility index (Phi) is 3.88. The lowest BCUT2D eigenvalue weighted by Crippen LogP contribution is -1.99. The first-order valence-electron chi connectivity index (χ1n) is 5.66. The van der Waals surface area contributed by atoms with Gasteiger partial charge in [0, 0.05) is 18.7 Å². The molecular formula is C12H14FN3O2. The number of ether oxygens (including phenoxy) is 1. The lowest BCUT2D eigenvalue weighted by atomic mass is 10.2. The molecule has 0 saturated carbocycles. The second-order valence-electron chi connectivity index (χ2n) is 3.70. The molecule has 6 heteroatoms. The summed E-state index contributed by atoms with van der Waals surface area (Å²) in [5.41, 5.74) is 6.07. The van der Waals surface area contributed by atoms with Crippen molar-refractivity contribution >= 4 is 5.69 Å². The summed E-state index contributed by atoms with van der Waals surface area (Å²) in [7, 11) is 0. The largest absolute Gasteiger partial charge is 0.399 e. The normalized spacial score (nSPS) is 10.8. The maximum atomic E-state index is 13.6. The van der Waals surface area contributed by atoms with Gasteiger partial charge in [-0.25, -0.2) is 4.39 Å². The second kappa shape index (κ2) is 5.59. The standard InChI is InChI=1S/C12H14FN3O2/c1-2-17-6-5-11-15-12(18-16-11)9-4-3-8(14)7-10(9)13/h3-4,7H,2,5-6,14H2,1H3. The first-order chi connectivity index (χ1) is 8.70. The van der Waals surface area contributed by atoms with Crippen molar-refractivity contribution in [3.63, 3.8) is 0 Å². The topological polar surface area (TPSA) is 74.2 Å². The molecule has 0 amide bonds. The predicted molar refractivity (Wildman–Crippen MR) is 64.3 cm³/mol. The van der Waals surface area contributed by atoms with Gasteiger partial charge >= 0.3 is 0 Å². The molecule has 96 valence electrons. The number of nitrogens with two attached hydrogens (primary N) is 1. The summed E-state index contributed by atoms with van der Waals surface area (Å²) in [6, 6.07) is 4.33. The summed E-state index contributed by atoms with van der Waals surface area (Å²) in [6.45, 7) is 3.06. The van der Waals surface area contributed by atoms with Crippen LogP contribution in [0.25, 0.3) is 11.5 Å². The Morgan fingerprint density at radius 2 is 2.28 bits per heavy atom. The van der Waals surface area contributed by atoms with E-state index in [1.165, 1.54) is 12.1 Å². The van der Waals surface area contributed by atoms with Crippen molar-refractivity contribution in [2.24, 2.45) is 0 Å². The van der Waals surface area contributed by atoms with E-state index in [0.717, 1.165) is 0 Å². The molecule has 5 nitrogen and oxygen atoms in total. The van der Waals surface area contributed by atoms with Gasteiger partial charge in [0.2, 0.25) is 0 Å². The Morgan fingerprint density at radius 3 is 3.00 bits per heavy atom. The Balaban J connectivity index is 2.13. The molecule has 0 radical (unpaired) electrons. The van der Waals surface area contributed by atoms with Crippen LogP contribution >= 0.6 is 0 Å². The van der Waals surface area contributed by atoms with Crippen molar-refractivity contribution in [1.82, 2.24) is 10.1 Å². The van der Waals surface area contributed by atoms with E-state index in [0.29, 0.717) is 31.1 Å². The van der Waals surface area contributed by atoms with E-state index in [1.54, 1.807) is 6.07 Å². The smallest absolute Gasteiger partial charge is 0.260 e. The van der Waals surface area contributed by atoms with Crippen LogP contribution in [0.3, 0.4) is 0 Å². The molecule has 18 heavy (non-hydrogen) atoms. The van der Waals surface area contributed by atoms with Gasteiger partial charge in [-0.3, -0.25) is 0 Å². The lowest BCUT2D eigenvalue weighted by Gasteiger charge is -1.98. The highest BCUT2D eigenvalue weighted by atomic mass is 19.1. The second-order valence-corrected chi connectivity index (χ2v) is 3.70. The highest BCUT2D eigenvalue weighted by Crippen LogP contribution is 2.22. The highest BCUT2D eigenvalue weighted by molar-refractivity contribution is 5.58. The third kappa shape index (κ3) is 2.84. The van der Waals surface area contributed by atoms with Crippen LogP contribution < -0.4 is 5.73 Å². The van der Waals surface area contributed by atoms with E-state index in [4.69, 9.17) is 15.0 Å². The van der Waals surface area contributed by atoms with Gasteiger partial charge in [0.05, 0.1) is 12.2 Å². The Morgan fingerprint density at radius 1 is 1.44 bits per heavy atom. The molecular weight excluding hydrogens is 237 g/mol. The molecule has 1 heterocycles. The average Bonchev–Trinajstić information content (AvgIpc) is 2.78.